The molecule has 0 aliphatic heterocycles. The molecule has 10 nitrogen and oxygen atoms in total. The lowest BCUT2D eigenvalue weighted by Gasteiger charge is -2.15. The molecular weight excluding hydrogens is 408 g/mol. The molecule has 28 heavy (non-hydrogen) atoms. The molecule has 2 aromatic rings. The van der Waals surface area contributed by atoms with Gasteiger partial charge < -0.3 is 9.84 Å². The molecule has 12 heteroatoms. The van der Waals surface area contributed by atoms with E-state index in [-0.39, 0.29) is 16.3 Å². The number of sulfonamides is 2. The number of carbonyl (C=O) groups excluding carboxylic acids is 1. The third-order valence-electron chi connectivity index (χ3n) is 3.76. The Hall–Kier alpha value is -2.44. The largest absolute Gasteiger partial charge is 0.360 e. The maximum Gasteiger partial charge on any atom is 0.246 e. The number of benzene rings is 1. The van der Waals surface area contributed by atoms with E-state index in [1.165, 1.54) is 26.8 Å². The van der Waals surface area contributed by atoms with Gasteiger partial charge in [-0.2, -0.15) is 4.72 Å². The number of aromatic nitrogens is 1. The molecule has 154 valence electrons. The van der Waals surface area contributed by atoms with Gasteiger partial charge in [-0.25, -0.2) is 16.8 Å². The third kappa shape index (κ3) is 5.30. The van der Waals surface area contributed by atoms with Gasteiger partial charge in [0.25, 0.3) is 0 Å². The average Bonchev–Trinajstić information content (AvgIpc) is 2.88. The minimum atomic E-state index is -4.01. The number of rotatable bonds is 7. The van der Waals surface area contributed by atoms with Gasteiger partial charge in [0.15, 0.2) is 5.76 Å². The molecule has 3 N–H and O–H groups in total. The van der Waals surface area contributed by atoms with Crippen LogP contribution in [-0.2, 0) is 24.8 Å². The van der Waals surface area contributed by atoms with Crippen molar-refractivity contribution < 1.29 is 26.2 Å². The molecule has 1 atom stereocenters. The average molecular weight is 431 g/mol. The van der Waals surface area contributed by atoms with Crippen LogP contribution >= 0.6 is 0 Å². The van der Waals surface area contributed by atoms with Crippen molar-refractivity contribution in [2.75, 3.05) is 16.3 Å². The van der Waals surface area contributed by atoms with E-state index in [1.807, 2.05) is 0 Å². The molecule has 0 bridgehead atoms. The molecule has 0 unspecified atom stereocenters. The maximum absolute atomic E-state index is 12.5. The van der Waals surface area contributed by atoms with Crippen LogP contribution in [0.2, 0.25) is 0 Å². The predicted octanol–water partition coefficient (Wildman–Crippen LogP) is 1.28. The summed E-state index contributed by atoms with van der Waals surface area (Å²) >= 11 is 0. The quantitative estimate of drug-likeness (QED) is 0.599. The van der Waals surface area contributed by atoms with E-state index in [2.05, 4.69) is 19.9 Å². The van der Waals surface area contributed by atoms with E-state index < -0.39 is 32.0 Å². The number of anilines is 2. The molecule has 2 rings (SSSR count). The van der Waals surface area contributed by atoms with Crippen molar-refractivity contribution in [3.8, 4) is 0 Å². The van der Waals surface area contributed by atoms with Crippen LogP contribution in [0, 0.1) is 20.8 Å². The van der Waals surface area contributed by atoms with Crippen LogP contribution in [0.4, 0.5) is 11.4 Å². The molecule has 0 aliphatic carbocycles. The van der Waals surface area contributed by atoms with Crippen LogP contribution in [0.15, 0.2) is 27.6 Å². The molecule has 1 aromatic heterocycles. The molecule has 0 saturated carbocycles. The first-order valence-corrected chi connectivity index (χ1v) is 11.5. The van der Waals surface area contributed by atoms with Crippen molar-refractivity contribution in [2.24, 2.45) is 0 Å². The van der Waals surface area contributed by atoms with Gasteiger partial charge in [0.05, 0.1) is 18.0 Å². The van der Waals surface area contributed by atoms with Crippen LogP contribution in [0.3, 0.4) is 0 Å². The zero-order valence-electron chi connectivity index (χ0n) is 16.0. The zero-order valence-corrected chi connectivity index (χ0v) is 17.7. The first kappa shape index (κ1) is 21.9. The second-order valence-electron chi connectivity index (χ2n) is 6.39. The summed E-state index contributed by atoms with van der Waals surface area (Å²) in [5.74, 6) is -0.503. The fourth-order valence-corrected chi connectivity index (χ4v) is 4.62. The van der Waals surface area contributed by atoms with Crippen LogP contribution in [0.5, 0.6) is 0 Å². The smallest absolute Gasteiger partial charge is 0.246 e. The summed E-state index contributed by atoms with van der Waals surface area (Å²) in [4.78, 5) is 12.3. The summed E-state index contributed by atoms with van der Waals surface area (Å²) in [7, 11) is -7.50. The summed E-state index contributed by atoms with van der Waals surface area (Å²) in [6.07, 6.45) is 1.02. The SMILES string of the molecule is Cc1ccc(NC(=O)[C@H](C)NS(=O)(=O)c2c(C)noc2C)cc1NS(C)(=O)=O. The standard InChI is InChI=1S/C16H22N4O6S2/c1-9-6-7-13(8-14(9)20-27(5,22)23)17-16(21)11(3)19-28(24,25)15-10(2)18-26-12(15)4/h6-8,11,19-20H,1-5H3,(H,17,21)/t11-/m0/s1. The Bertz CT molecular complexity index is 1090. The van der Waals surface area contributed by atoms with E-state index in [0.717, 1.165) is 6.26 Å². The Kier molecular flexibility index (Phi) is 6.16. The Balaban J connectivity index is 2.16. The summed E-state index contributed by atoms with van der Waals surface area (Å²) < 4.78 is 57.3. The zero-order chi connectivity index (χ0) is 21.3. The Morgan fingerprint density at radius 3 is 2.32 bits per heavy atom. The first-order valence-electron chi connectivity index (χ1n) is 8.14. The highest BCUT2D eigenvalue weighted by atomic mass is 32.2. The number of nitrogens with one attached hydrogen (secondary N) is 3. The monoisotopic (exact) mass is 430 g/mol. The fourth-order valence-electron chi connectivity index (χ4n) is 2.46. The number of hydrogen-bond donors (Lipinski definition) is 3. The maximum atomic E-state index is 12.5. The number of hydrogen-bond acceptors (Lipinski definition) is 7. The number of nitrogens with zero attached hydrogens (tertiary/aromatic N) is 1. The van der Waals surface area contributed by atoms with Gasteiger partial charge in [0.2, 0.25) is 26.0 Å². The highest BCUT2D eigenvalue weighted by molar-refractivity contribution is 7.92. The van der Waals surface area contributed by atoms with Crippen molar-refractivity contribution in [2.45, 2.75) is 38.6 Å². The summed E-state index contributed by atoms with van der Waals surface area (Å²) in [5.41, 5.74) is 1.47. The Morgan fingerprint density at radius 1 is 1.14 bits per heavy atom. The molecule has 1 aromatic carbocycles. The van der Waals surface area contributed by atoms with Gasteiger partial charge in [-0.3, -0.25) is 9.52 Å². The Labute approximate surface area is 163 Å². The molecule has 0 fully saturated rings. The lowest BCUT2D eigenvalue weighted by atomic mass is 10.2. The molecular formula is C16H22N4O6S2. The highest BCUT2D eigenvalue weighted by Crippen LogP contribution is 2.22. The van der Waals surface area contributed by atoms with E-state index >= 15 is 0 Å². The van der Waals surface area contributed by atoms with Gasteiger partial charge in [-0.1, -0.05) is 11.2 Å². The molecule has 1 amide bonds. The second kappa shape index (κ2) is 7.89. The Morgan fingerprint density at radius 2 is 1.79 bits per heavy atom. The van der Waals surface area contributed by atoms with Gasteiger partial charge >= 0.3 is 0 Å². The molecule has 0 saturated heterocycles. The van der Waals surface area contributed by atoms with E-state index in [0.29, 0.717) is 16.9 Å². The predicted molar refractivity (Wildman–Crippen MR) is 104 cm³/mol. The second-order valence-corrected chi connectivity index (χ2v) is 9.79. The molecule has 1 heterocycles. The number of aryl methyl sites for hydroxylation is 3. The lowest BCUT2D eigenvalue weighted by Crippen LogP contribution is -2.41. The topological polar surface area (TPSA) is 147 Å². The molecule has 0 aliphatic rings. The minimum Gasteiger partial charge on any atom is -0.360 e. The van der Waals surface area contributed by atoms with E-state index in [9.17, 15) is 21.6 Å². The first-order chi connectivity index (χ1) is 12.8. The van der Waals surface area contributed by atoms with Crippen LogP contribution in [-0.4, -0.2) is 40.2 Å². The minimum absolute atomic E-state index is 0.109. The third-order valence-corrected chi connectivity index (χ3v) is 6.14. The summed E-state index contributed by atoms with van der Waals surface area (Å²) in [6.45, 7) is 6.04. The molecule has 0 radical (unpaired) electrons. The van der Waals surface area contributed by atoms with Crippen LogP contribution in [0.25, 0.3) is 0 Å². The normalized spacial score (nSPS) is 13.2. The van der Waals surface area contributed by atoms with E-state index in [4.69, 9.17) is 4.52 Å². The summed E-state index contributed by atoms with van der Waals surface area (Å²) in [5, 5.41) is 6.15. The van der Waals surface area contributed by atoms with Crippen molar-refractivity contribution in [1.82, 2.24) is 9.88 Å². The number of carbonyl (C=O) groups is 1. The van der Waals surface area contributed by atoms with Gasteiger partial charge in [-0.15, -0.1) is 0 Å². The van der Waals surface area contributed by atoms with Gasteiger partial charge in [-0.05, 0) is 45.4 Å². The number of amides is 1. The van der Waals surface area contributed by atoms with Crippen LogP contribution in [0.1, 0.15) is 23.9 Å². The van der Waals surface area contributed by atoms with Gasteiger partial charge in [0, 0.05) is 5.69 Å². The summed E-state index contributed by atoms with van der Waals surface area (Å²) in [6, 6.07) is 3.55. The van der Waals surface area contributed by atoms with Crippen molar-refractivity contribution in [1.29, 1.82) is 0 Å². The highest BCUT2D eigenvalue weighted by Gasteiger charge is 2.28. The van der Waals surface area contributed by atoms with Crippen molar-refractivity contribution in [3.05, 3.63) is 35.2 Å². The van der Waals surface area contributed by atoms with Gasteiger partial charge in [0.1, 0.15) is 10.6 Å². The van der Waals surface area contributed by atoms with E-state index in [1.54, 1.807) is 19.1 Å². The lowest BCUT2D eigenvalue weighted by molar-refractivity contribution is -0.117. The van der Waals surface area contributed by atoms with Crippen LogP contribution < -0.4 is 14.8 Å². The molecule has 0 spiro atoms. The fraction of sp³-hybridized carbons (Fsp3) is 0.375. The van der Waals surface area contributed by atoms with Crippen molar-refractivity contribution >= 4 is 37.3 Å². The van der Waals surface area contributed by atoms with Crippen molar-refractivity contribution in [3.63, 3.8) is 0 Å².